The van der Waals surface area contributed by atoms with Crippen molar-refractivity contribution >= 4 is 5.69 Å². The lowest BCUT2D eigenvalue weighted by Crippen LogP contribution is -2.26. The zero-order chi connectivity index (χ0) is 10.5. The zero-order valence-electron chi connectivity index (χ0n) is 9.76. The third kappa shape index (κ3) is 1.12. The maximum absolute atomic E-state index is 3.60. The van der Waals surface area contributed by atoms with Crippen LogP contribution in [0.4, 0.5) is 5.69 Å². The van der Waals surface area contributed by atoms with E-state index in [4.69, 9.17) is 0 Å². The molecule has 3 aliphatic rings. The van der Waals surface area contributed by atoms with Crippen LogP contribution in [0, 0.1) is 0 Å². The van der Waals surface area contributed by atoms with Crippen LogP contribution in [-0.2, 0) is 6.42 Å². The molecule has 0 amide bonds. The first-order valence-electron chi connectivity index (χ1n) is 6.83. The molecule has 0 bridgehead atoms. The Hall–Kier alpha value is -0.980. The van der Waals surface area contributed by atoms with Crippen LogP contribution in [0.1, 0.15) is 60.6 Å². The minimum Gasteiger partial charge on any atom is -0.385 e. The molecule has 0 fully saturated rings. The van der Waals surface area contributed by atoms with Crippen LogP contribution < -0.4 is 5.32 Å². The molecular weight excluding hydrogens is 194 g/mol. The number of nitrogens with one attached hydrogen (secondary N) is 1. The molecular formula is C15H19N. The summed E-state index contributed by atoms with van der Waals surface area (Å²) in [6.07, 6.45) is 8.43. The van der Waals surface area contributed by atoms with Gasteiger partial charge in [0, 0.05) is 12.2 Å². The predicted octanol–water partition coefficient (Wildman–Crippen LogP) is 3.80. The summed E-state index contributed by atoms with van der Waals surface area (Å²) < 4.78 is 0. The fourth-order valence-electron chi connectivity index (χ4n) is 4.16. The van der Waals surface area contributed by atoms with Gasteiger partial charge in [-0.05, 0) is 73.1 Å². The summed E-state index contributed by atoms with van der Waals surface area (Å²) in [4.78, 5) is 0. The first-order valence-corrected chi connectivity index (χ1v) is 6.83. The minimum atomic E-state index is 0.876. The second-order valence-electron chi connectivity index (χ2n) is 5.68. The average Bonchev–Trinajstić information content (AvgIpc) is 2.36. The van der Waals surface area contributed by atoms with Crippen molar-refractivity contribution in [3.05, 3.63) is 28.8 Å². The van der Waals surface area contributed by atoms with E-state index >= 15 is 0 Å². The lowest BCUT2D eigenvalue weighted by molar-refractivity contribution is 0.421. The molecule has 0 radical (unpaired) electrons. The topological polar surface area (TPSA) is 12.0 Å². The Kier molecular flexibility index (Phi) is 1.85. The van der Waals surface area contributed by atoms with Gasteiger partial charge in [0.05, 0.1) is 0 Å². The molecule has 1 aromatic rings. The van der Waals surface area contributed by atoms with Crippen molar-refractivity contribution in [3.8, 4) is 0 Å². The van der Waals surface area contributed by atoms with Gasteiger partial charge in [-0.1, -0.05) is 6.07 Å². The molecule has 0 spiro atoms. The van der Waals surface area contributed by atoms with Crippen LogP contribution in [-0.4, -0.2) is 6.54 Å². The molecule has 1 aromatic carbocycles. The minimum absolute atomic E-state index is 0.876. The predicted molar refractivity (Wildman–Crippen MR) is 67.2 cm³/mol. The number of benzene rings is 1. The molecule has 4 rings (SSSR count). The van der Waals surface area contributed by atoms with Crippen LogP contribution in [0.15, 0.2) is 12.1 Å². The quantitative estimate of drug-likeness (QED) is 0.691. The monoisotopic (exact) mass is 213 g/mol. The Labute approximate surface area is 97.2 Å². The fourth-order valence-corrected chi connectivity index (χ4v) is 4.16. The lowest BCUT2D eigenvalue weighted by atomic mass is 9.68. The van der Waals surface area contributed by atoms with Crippen molar-refractivity contribution < 1.29 is 0 Å². The van der Waals surface area contributed by atoms with Crippen LogP contribution in [0.25, 0.3) is 0 Å². The van der Waals surface area contributed by atoms with E-state index in [1.54, 1.807) is 16.7 Å². The Morgan fingerprint density at radius 1 is 0.938 bits per heavy atom. The van der Waals surface area contributed by atoms with Gasteiger partial charge in [-0.3, -0.25) is 0 Å². The Balaban J connectivity index is 1.98. The third-order valence-electron chi connectivity index (χ3n) is 4.86. The van der Waals surface area contributed by atoms with Gasteiger partial charge in [0.25, 0.3) is 0 Å². The van der Waals surface area contributed by atoms with E-state index in [1.807, 2.05) is 0 Å². The summed E-state index contributed by atoms with van der Waals surface area (Å²) in [7, 11) is 0. The summed E-state index contributed by atoms with van der Waals surface area (Å²) in [5.74, 6) is 1.77. The molecule has 1 aliphatic heterocycles. The molecule has 0 aromatic heterocycles. The van der Waals surface area contributed by atoms with Gasteiger partial charge in [0.2, 0.25) is 0 Å². The van der Waals surface area contributed by atoms with Crippen molar-refractivity contribution in [1.82, 2.24) is 0 Å². The molecule has 1 nitrogen and oxygen atoms in total. The largest absolute Gasteiger partial charge is 0.385 e. The van der Waals surface area contributed by atoms with Gasteiger partial charge < -0.3 is 5.32 Å². The summed E-state index contributed by atoms with van der Waals surface area (Å²) in [5, 5.41) is 3.60. The number of hydrogen-bond donors (Lipinski definition) is 1. The Bertz CT molecular complexity index is 394. The van der Waals surface area contributed by atoms with E-state index in [-0.39, 0.29) is 0 Å². The summed E-state index contributed by atoms with van der Waals surface area (Å²) >= 11 is 0. The van der Waals surface area contributed by atoms with Crippen molar-refractivity contribution in [1.29, 1.82) is 0 Å². The molecule has 2 unspecified atom stereocenters. The number of rotatable bonds is 0. The van der Waals surface area contributed by atoms with Crippen LogP contribution in [0.2, 0.25) is 0 Å². The van der Waals surface area contributed by atoms with Crippen molar-refractivity contribution in [2.45, 2.75) is 50.4 Å². The van der Waals surface area contributed by atoms with Gasteiger partial charge in [-0.25, -0.2) is 0 Å². The van der Waals surface area contributed by atoms with Crippen molar-refractivity contribution in [3.63, 3.8) is 0 Å². The summed E-state index contributed by atoms with van der Waals surface area (Å²) in [5.41, 5.74) is 6.62. The first-order chi connectivity index (χ1) is 7.93. The molecule has 0 saturated heterocycles. The molecule has 16 heavy (non-hydrogen) atoms. The summed E-state index contributed by atoms with van der Waals surface area (Å²) in [6, 6.07) is 4.73. The van der Waals surface area contributed by atoms with E-state index in [1.165, 1.54) is 50.8 Å². The van der Waals surface area contributed by atoms with Crippen LogP contribution in [0.3, 0.4) is 0 Å². The number of anilines is 1. The maximum Gasteiger partial charge on any atom is 0.0378 e. The molecule has 1 N–H and O–H groups in total. The highest BCUT2D eigenvalue weighted by molar-refractivity contribution is 5.62. The third-order valence-corrected chi connectivity index (χ3v) is 4.86. The highest BCUT2D eigenvalue weighted by Crippen LogP contribution is 2.50. The van der Waals surface area contributed by atoms with E-state index in [0.29, 0.717) is 0 Å². The van der Waals surface area contributed by atoms with Crippen LogP contribution >= 0.6 is 0 Å². The van der Waals surface area contributed by atoms with E-state index in [9.17, 15) is 0 Å². The van der Waals surface area contributed by atoms with Crippen LogP contribution in [0.5, 0.6) is 0 Å². The Morgan fingerprint density at radius 2 is 1.81 bits per heavy atom. The van der Waals surface area contributed by atoms with E-state index in [0.717, 1.165) is 11.8 Å². The molecule has 1 heterocycles. The molecule has 1 heteroatoms. The van der Waals surface area contributed by atoms with Gasteiger partial charge in [0.15, 0.2) is 0 Å². The molecule has 2 atom stereocenters. The number of aryl methyl sites for hydroxylation is 1. The van der Waals surface area contributed by atoms with Gasteiger partial charge >= 0.3 is 0 Å². The second kappa shape index (κ2) is 3.26. The summed E-state index contributed by atoms with van der Waals surface area (Å²) in [6.45, 7) is 1.18. The fraction of sp³-hybridized carbons (Fsp3) is 0.600. The molecule has 2 aliphatic carbocycles. The van der Waals surface area contributed by atoms with Crippen molar-refractivity contribution in [2.75, 3.05) is 11.9 Å². The second-order valence-corrected chi connectivity index (χ2v) is 5.68. The zero-order valence-corrected chi connectivity index (χ0v) is 9.76. The highest BCUT2D eigenvalue weighted by atomic mass is 14.9. The van der Waals surface area contributed by atoms with Gasteiger partial charge in [0.1, 0.15) is 0 Å². The van der Waals surface area contributed by atoms with Gasteiger partial charge in [-0.15, -0.1) is 0 Å². The lowest BCUT2D eigenvalue weighted by Gasteiger charge is -2.40. The van der Waals surface area contributed by atoms with Gasteiger partial charge in [-0.2, -0.15) is 0 Å². The first kappa shape index (κ1) is 9.09. The normalized spacial score (nSPS) is 30.5. The SMILES string of the molecule is c1cc2c3c4c1CCCC4CCC3CCN2. The average molecular weight is 213 g/mol. The van der Waals surface area contributed by atoms with E-state index in [2.05, 4.69) is 17.4 Å². The van der Waals surface area contributed by atoms with Crippen molar-refractivity contribution in [2.24, 2.45) is 0 Å². The maximum atomic E-state index is 3.60. The highest BCUT2D eigenvalue weighted by Gasteiger charge is 2.34. The Morgan fingerprint density at radius 3 is 2.75 bits per heavy atom. The standard InChI is InChI=1S/C15H19N/c1-2-10-4-5-12-8-9-16-13-7-6-11(3-1)14(10)15(12)13/h6-7,10,12,16H,1-5,8-9H2. The smallest absolute Gasteiger partial charge is 0.0378 e. The van der Waals surface area contributed by atoms with E-state index < -0.39 is 0 Å². The number of hydrogen-bond acceptors (Lipinski definition) is 1. The molecule has 0 saturated carbocycles. The molecule has 84 valence electrons.